The summed E-state index contributed by atoms with van der Waals surface area (Å²) in [6, 6.07) is 0. The van der Waals surface area contributed by atoms with Gasteiger partial charge in [0.25, 0.3) is 0 Å². The summed E-state index contributed by atoms with van der Waals surface area (Å²) in [5.41, 5.74) is 0. The molecule has 0 saturated carbocycles. The van der Waals surface area contributed by atoms with E-state index in [0.29, 0.717) is 5.91 Å². The molecular formula is C15H29NOS. The Kier molecular flexibility index (Phi) is 8.57. The number of piperidine rings is 1. The highest BCUT2D eigenvalue weighted by Gasteiger charge is 2.24. The Morgan fingerprint density at radius 3 is 2.39 bits per heavy atom. The minimum Gasteiger partial charge on any atom is -0.342 e. The Balaban J connectivity index is 1.95. The van der Waals surface area contributed by atoms with Gasteiger partial charge in [-0.2, -0.15) is 12.6 Å². The van der Waals surface area contributed by atoms with Gasteiger partial charge in [0.15, 0.2) is 0 Å². The minimum atomic E-state index is 0.264. The third-order valence-electron chi connectivity index (χ3n) is 3.88. The molecule has 1 saturated heterocycles. The van der Waals surface area contributed by atoms with Crippen molar-refractivity contribution >= 4 is 18.5 Å². The highest BCUT2D eigenvalue weighted by atomic mass is 32.1. The molecule has 0 radical (unpaired) electrons. The second kappa shape index (κ2) is 9.71. The molecule has 2 nitrogen and oxygen atoms in total. The molecule has 0 aromatic heterocycles. The number of thiol groups is 1. The average Bonchev–Trinajstić information content (AvgIpc) is 2.37. The first-order valence-corrected chi connectivity index (χ1v) is 8.28. The Morgan fingerprint density at radius 2 is 1.72 bits per heavy atom. The highest BCUT2D eigenvalue weighted by molar-refractivity contribution is 7.80. The quantitative estimate of drug-likeness (QED) is 0.498. The lowest BCUT2D eigenvalue weighted by Crippen LogP contribution is -2.40. The zero-order valence-corrected chi connectivity index (χ0v) is 12.8. The van der Waals surface area contributed by atoms with E-state index in [1.54, 1.807) is 0 Å². The van der Waals surface area contributed by atoms with Crippen LogP contribution in [0.2, 0.25) is 0 Å². The second-order valence-corrected chi connectivity index (χ2v) is 6.01. The number of nitrogens with zero attached hydrogens (tertiary/aromatic N) is 1. The van der Waals surface area contributed by atoms with E-state index in [9.17, 15) is 4.79 Å². The zero-order chi connectivity index (χ0) is 13.2. The van der Waals surface area contributed by atoms with Crippen molar-refractivity contribution in [2.45, 2.75) is 64.7 Å². The SMILES string of the molecule is CC1CCCN(CCCCCCCCCS)C1=O. The molecule has 0 bridgehead atoms. The van der Waals surface area contributed by atoms with Gasteiger partial charge in [-0.1, -0.05) is 39.0 Å². The third kappa shape index (κ3) is 6.12. The van der Waals surface area contributed by atoms with E-state index >= 15 is 0 Å². The normalized spacial score (nSPS) is 20.4. The van der Waals surface area contributed by atoms with Crippen molar-refractivity contribution in [2.75, 3.05) is 18.8 Å². The monoisotopic (exact) mass is 271 g/mol. The maximum absolute atomic E-state index is 11.9. The molecule has 1 aliphatic heterocycles. The van der Waals surface area contributed by atoms with Crippen molar-refractivity contribution in [3.8, 4) is 0 Å². The van der Waals surface area contributed by atoms with Crippen LogP contribution in [0.15, 0.2) is 0 Å². The number of hydrogen-bond donors (Lipinski definition) is 1. The van der Waals surface area contributed by atoms with Gasteiger partial charge in [-0.3, -0.25) is 4.79 Å². The molecule has 0 spiro atoms. The summed E-state index contributed by atoms with van der Waals surface area (Å²) in [5.74, 6) is 1.67. The Bertz CT molecular complexity index is 233. The van der Waals surface area contributed by atoms with Crippen LogP contribution in [0.4, 0.5) is 0 Å². The first-order valence-electron chi connectivity index (χ1n) is 7.65. The molecule has 1 unspecified atom stereocenters. The lowest BCUT2D eigenvalue weighted by Gasteiger charge is -2.30. The predicted molar refractivity (Wildman–Crippen MR) is 81.2 cm³/mol. The molecule has 0 aromatic carbocycles. The number of rotatable bonds is 9. The average molecular weight is 271 g/mol. The molecule has 1 amide bonds. The Labute approximate surface area is 118 Å². The topological polar surface area (TPSA) is 20.3 Å². The van der Waals surface area contributed by atoms with E-state index in [2.05, 4.69) is 24.5 Å². The molecule has 1 fully saturated rings. The van der Waals surface area contributed by atoms with Crippen molar-refractivity contribution in [3.05, 3.63) is 0 Å². The number of carbonyl (C=O) groups excluding carboxylic acids is 1. The molecule has 0 aromatic rings. The van der Waals surface area contributed by atoms with Crippen LogP contribution in [-0.2, 0) is 4.79 Å². The minimum absolute atomic E-state index is 0.264. The number of hydrogen-bond acceptors (Lipinski definition) is 2. The maximum Gasteiger partial charge on any atom is 0.225 e. The molecule has 106 valence electrons. The first kappa shape index (κ1) is 15.9. The lowest BCUT2D eigenvalue weighted by atomic mass is 9.99. The van der Waals surface area contributed by atoms with Crippen LogP contribution in [0.1, 0.15) is 64.7 Å². The molecule has 1 aliphatic rings. The van der Waals surface area contributed by atoms with E-state index in [1.165, 1.54) is 51.4 Å². The predicted octanol–water partition coefficient (Wildman–Crippen LogP) is 3.91. The van der Waals surface area contributed by atoms with Gasteiger partial charge in [-0.05, 0) is 31.4 Å². The van der Waals surface area contributed by atoms with Crippen LogP contribution >= 0.6 is 12.6 Å². The maximum atomic E-state index is 11.9. The Hall–Kier alpha value is -0.180. The van der Waals surface area contributed by atoms with Crippen LogP contribution in [0.5, 0.6) is 0 Å². The van der Waals surface area contributed by atoms with Gasteiger partial charge < -0.3 is 4.90 Å². The molecular weight excluding hydrogens is 242 g/mol. The summed E-state index contributed by atoms with van der Waals surface area (Å²) >= 11 is 4.22. The van der Waals surface area contributed by atoms with E-state index in [1.807, 2.05) is 0 Å². The van der Waals surface area contributed by atoms with Crippen molar-refractivity contribution in [1.82, 2.24) is 4.90 Å². The summed E-state index contributed by atoms with van der Waals surface area (Å²) in [5, 5.41) is 0. The first-order chi connectivity index (χ1) is 8.75. The fourth-order valence-corrected chi connectivity index (χ4v) is 2.88. The van der Waals surface area contributed by atoms with Gasteiger partial charge in [-0.25, -0.2) is 0 Å². The van der Waals surface area contributed by atoms with Gasteiger partial charge in [0.1, 0.15) is 0 Å². The van der Waals surface area contributed by atoms with Gasteiger partial charge in [0, 0.05) is 19.0 Å². The number of unbranched alkanes of at least 4 members (excludes halogenated alkanes) is 6. The molecule has 1 heterocycles. The van der Waals surface area contributed by atoms with Crippen molar-refractivity contribution in [1.29, 1.82) is 0 Å². The van der Waals surface area contributed by atoms with Crippen molar-refractivity contribution in [2.24, 2.45) is 5.92 Å². The molecule has 0 N–H and O–H groups in total. The van der Waals surface area contributed by atoms with Crippen LogP contribution in [0, 0.1) is 5.92 Å². The van der Waals surface area contributed by atoms with E-state index in [4.69, 9.17) is 0 Å². The molecule has 1 atom stereocenters. The summed E-state index contributed by atoms with van der Waals surface area (Å²) in [4.78, 5) is 14.0. The smallest absolute Gasteiger partial charge is 0.225 e. The van der Waals surface area contributed by atoms with E-state index < -0.39 is 0 Å². The summed E-state index contributed by atoms with van der Waals surface area (Å²) in [7, 11) is 0. The van der Waals surface area contributed by atoms with Crippen LogP contribution in [-0.4, -0.2) is 29.6 Å². The van der Waals surface area contributed by atoms with Crippen molar-refractivity contribution in [3.63, 3.8) is 0 Å². The number of carbonyl (C=O) groups is 1. The van der Waals surface area contributed by atoms with Crippen LogP contribution in [0.25, 0.3) is 0 Å². The van der Waals surface area contributed by atoms with E-state index in [0.717, 1.165) is 25.3 Å². The third-order valence-corrected chi connectivity index (χ3v) is 4.20. The molecule has 1 rings (SSSR count). The van der Waals surface area contributed by atoms with Gasteiger partial charge >= 0.3 is 0 Å². The fourth-order valence-electron chi connectivity index (χ4n) is 2.65. The number of likely N-dealkylation sites (tertiary alicyclic amines) is 1. The van der Waals surface area contributed by atoms with Gasteiger partial charge in [-0.15, -0.1) is 0 Å². The molecule has 18 heavy (non-hydrogen) atoms. The zero-order valence-electron chi connectivity index (χ0n) is 11.9. The fraction of sp³-hybridized carbons (Fsp3) is 0.933. The van der Waals surface area contributed by atoms with E-state index in [-0.39, 0.29) is 5.92 Å². The Morgan fingerprint density at radius 1 is 1.11 bits per heavy atom. The van der Waals surface area contributed by atoms with Crippen molar-refractivity contribution < 1.29 is 4.79 Å². The lowest BCUT2D eigenvalue weighted by molar-refractivity contribution is -0.137. The van der Waals surface area contributed by atoms with Gasteiger partial charge in [0.05, 0.1) is 0 Å². The second-order valence-electron chi connectivity index (χ2n) is 5.57. The summed E-state index contributed by atoms with van der Waals surface area (Å²) < 4.78 is 0. The molecule has 3 heteroatoms. The van der Waals surface area contributed by atoms with Crippen LogP contribution in [0.3, 0.4) is 0 Å². The summed E-state index contributed by atoms with van der Waals surface area (Å²) in [6.07, 6.45) is 11.3. The highest BCUT2D eigenvalue weighted by Crippen LogP contribution is 2.18. The largest absolute Gasteiger partial charge is 0.342 e. The van der Waals surface area contributed by atoms with Gasteiger partial charge in [0.2, 0.25) is 5.91 Å². The summed E-state index contributed by atoms with van der Waals surface area (Å²) in [6.45, 7) is 4.04. The standard InChI is InChI=1S/C15H29NOS/c1-14-10-9-12-16(15(14)17)11-7-5-3-2-4-6-8-13-18/h14,18H,2-13H2,1H3. The molecule has 0 aliphatic carbocycles. The number of amides is 1. The van der Waals surface area contributed by atoms with Crippen LogP contribution < -0.4 is 0 Å².